The number of benzene rings is 1. The van der Waals surface area contributed by atoms with Gasteiger partial charge in [0.1, 0.15) is 16.9 Å². The number of imidazole rings is 1. The molecule has 8 heteroatoms. The molecule has 2 N–H and O–H groups in total. The molecule has 150 valence electrons. The van der Waals surface area contributed by atoms with Crippen LogP contribution in [0.15, 0.2) is 35.3 Å². The Morgan fingerprint density at radius 1 is 1.24 bits per heavy atom. The van der Waals surface area contributed by atoms with Gasteiger partial charge in [-0.25, -0.2) is 9.78 Å². The normalized spacial score (nSPS) is 20.4. The molecule has 2 aliphatic heterocycles. The number of carbonyl (C=O) groups excluding carboxylic acids is 1. The Morgan fingerprint density at radius 2 is 2.07 bits per heavy atom. The maximum absolute atomic E-state index is 12.8. The van der Waals surface area contributed by atoms with Crippen LogP contribution < -0.4 is 20.6 Å². The summed E-state index contributed by atoms with van der Waals surface area (Å²) >= 11 is 0. The van der Waals surface area contributed by atoms with E-state index < -0.39 is 5.66 Å². The van der Waals surface area contributed by atoms with E-state index in [0.717, 1.165) is 25.1 Å². The third kappa shape index (κ3) is 2.70. The third-order valence-corrected chi connectivity index (χ3v) is 5.73. The number of nitrogens with zero attached hydrogens (tertiary/aromatic N) is 3. The molecule has 0 saturated heterocycles. The fraction of sp³-hybridized carbons (Fsp3) is 0.381. The topological polar surface area (TPSA) is 92.2 Å². The van der Waals surface area contributed by atoms with Crippen LogP contribution in [-0.2, 0) is 0 Å². The molecule has 0 fully saturated rings. The van der Waals surface area contributed by atoms with Crippen molar-refractivity contribution in [2.24, 2.45) is 0 Å². The first-order chi connectivity index (χ1) is 13.8. The number of pyridine rings is 1. The van der Waals surface area contributed by atoms with E-state index in [1.165, 1.54) is 0 Å². The van der Waals surface area contributed by atoms with Gasteiger partial charge in [-0.15, -0.1) is 0 Å². The Morgan fingerprint density at radius 3 is 2.90 bits per heavy atom. The van der Waals surface area contributed by atoms with Gasteiger partial charge in [-0.1, -0.05) is 0 Å². The van der Waals surface area contributed by atoms with Gasteiger partial charge in [-0.3, -0.25) is 14.3 Å². The number of anilines is 1. The van der Waals surface area contributed by atoms with E-state index >= 15 is 0 Å². The second-order valence-electron chi connectivity index (χ2n) is 8.21. The first-order valence-corrected chi connectivity index (χ1v) is 9.86. The van der Waals surface area contributed by atoms with Gasteiger partial charge in [0.25, 0.3) is 5.91 Å². The minimum atomic E-state index is -0.533. The molecule has 2 aliphatic rings. The monoisotopic (exact) mass is 393 g/mol. The van der Waals surface area contributed by atoms with Crippen molar-refractivity contribution < 1.29 is 9.53 Å². The SMILES string of the molecule is CC1CCCN2c3cc(ccc3C(=O)NC2(C)C)-n2c(=O)[nH]c3nccc(c32)O1. The van der Waals surface area contributed by atoms with Crippen molar-refractivity contribution in [1.29, 1.82) is 0 Å². The minimum Gasteiger partial charge on any atom is -0.488 e. The van der Waals surface area contributed by atoms with Crippen LogP contribution in [0, 0.1) is 0 Å². The highest BCUT2D eigenvalue weighted by atomic mass is 16.5. The van der Waals surface area contributed by atoms with E-state index in [1.54, 1.807) is 29.0 Å². The van der Waals surface area contributed by atoms with Crippen molar-refractivity contribution in [2.75, 3.05) is 11.4 Å². The molecule has 1 aromatic carbocycles. The number of nitrogens with one attached hydrogen (secondary N) is 2. The van der Waals surface area contributed by atoms with E-state index in [4.69, 9.17) is 4.74 Å². The Balaban J connectivity index is 1.82. The smallest absolute Gasteiger partial charge is 0.332 e. The van der Waals surface area contributed by atoms with Gasteiger partial charge in [0.2, 0.25) is 0 Å². The van der Waals surface area contributed by atoms with Gasteiger partial charge in [0, 0.05) is 18.8 Å². The summed E-state index contributed by atoms with van der Waals surface area (Å²) in [5.41, 5.74) is 2.37. The maximum Gasteiger partial charge on any atom is 0.332 e. The lowest BCUT2D eigenvalue weighted by Crippen LogP contribution is -2.60. The van der Waals surface area contributed by atoms with Crippen LogP contribution in [-0.4, -0.2) is 38.8 Å². The first kappa shape index (κ1) is 17.8. The van der Waals surface area contributed by atoms with Crippen molar-refractivity contribution in [3.8, 4) is 11.4 Å². The van der Waals surface area contributed by atoms with Gasteiger partial charge >= 0.3 is 5.69 Å². The van der Waals surface area contributed by atoms with Crippen LogP contribution in [0.25, 0.3) is 16.9 Å². The van der Waals surface area contributed by atoms with Crippen LogP contribution in [0.2, 0.25) is 0 Å². The number of carbonyl (C=O) groups is 1. The van der Waals surface area contributed by atoms with Crippen LogP contribution in [0.3, 0.4) is 0 Å². The van der Waals surface area contributed by atoms with Gasteiger partial charge in [0.15, 0.2) is 5.65 Å². The number of hydrogen-bond donors (Lipinski definition) is 2. The zero-order valence-corrected chi connectivity index (χ0v) is 16.7. The molecule has 5 rings (SSSR count). The number of ether oxygens (including phenoxy) is 1. The predicted molar refractivity (Wildman–Crippen MR) is 110 cm³/mol. The molecule has 3 aromatic rings. The number of aromatic nitrogens is 3. The van der Waals surface area contributed by atoms with Crippen LogP contribution >= 0.6 is 0 Å². The number of rotatable bonds is 0. The summed E-state index contributed by atoms with van der Waals surface area (Å²) < 4.78 is 7.77. The summed E-state index contributed by atoms with van der Waals surface area (Å²) in [5.74, 6) is 0.513. The molecule has 0 aliphatic carbocycles. The number of aromatic amines is 1. The predicted octanol–water partition coefficient (Wildman–Crippen LogP) is 2.56. The molecule has 1 atom stereocenters. The van der Waals surface area contributed by atoms with E-state index in [-0.39, 0.29) is 17.7 Å². The largest absolute Gasteiger partial charge is 0.488 e. The highest BCUT2D eigenvalue weighted by Crippen LogP contribution is 2.35. The maximum atomic E-state index is 12.8. The summed E-state index contributed by atoms with van der Waals surface area (Å²) in [6.07, 6.45) is 3.35. The second-order valence-corrected chi connectivity index (χ2v) is 8.21. The summed E-state index contributed by atoms with van der Waals surface area (Å²) in [5, 5.41) is 3.08. The van der Waals surface area contributed by atoms with E-state index in [1.807, 2.05) is 26.8 Å². The van der Waals surface area contributed by atoms with Crippen LogP contribution in [0.1, 0.15) is 44.0 Å². The van der Waals surface area contributed by atoms with Gasteiger partial charge < -0.3 is 15.0 Å². The first-order valence-electron chi connectivity index (χ1n) is 9.86. The van der Waals surface area contributed by atoms with E-state index in [9.17, 15) is 9.59 Å². The van der Waals surface area contributed by atoms with Crippen LogP contribution in [0.4, 0.5) is 5.69 Å². The zero-order chi connectivity index (χ0) is 20.3. The minimum absolute atomic E-state index is 0.0289. The average Bonchev–Trinajstić information content (AvgIpc) is 2.99. The molecule has 29 heavy (non-hydrogen) atoms. The van der Waals surface area contributed by atoms with E-state index in [2.05, 4.69) is 20.2 Å². The molecular weight excluding hydrogens is 370 g/mol. The number of fused-ring (bicyclic) bond motifs is 2. The van der Waals surface area contributed by atoms with Crippen molar-refractivity contribution in [2.45, 2.75) is 45.4 Å². The highest BCUT2D eigenvalue weighted by molar-refractivity contribution is 6.03. The van der Waals surface area contributed by atoms with E-state index in [0.29, 0.717) is 28.2 Å². The molecule has 0 spiro atoms. The van der Waals surface area contributed by atoms with Gasteiger partial charge in [-0.2, -0.15) is 0 Å². The lowest BCUT2D eigenvalue weighted by Gasteiger charge is -2.45. The second kappa shape index (κ2) is 6.10. The lowest BCUT2D eigenvalue weighted by atomic mass is 10.00. The molecule has 0 saturated carbocycles. The number of H-pyrrole nitrogens is 1. The summed E-state index contributed by atoms with van der Waals surface area (Å²) in [6.45, 7) is 6.78. The Hall–Kier alpha value is -3.29. The highest BCUT2D eigenvalue weighted by Gasteiger charge is 2.37. The van der Waals surface area contributed by atoms with Crippen LogP contribution in [0.5, 0.6) is 5.75 Å². The van der Waals surface area contributed by atoms with Crippen molar-refractivity contribution >= 4 is 22.8 Å². The molecule has 1 amide bonds. The Bertz CT molecular complexity index is 1190. The molecular formula is C21H23N5O3. The summed E-state index contributed by atoms with van der Waals surface area (Å²) in [4.78, 5) is 34.8. The molecule has 0 radical (unpaired) electrons. The summed E-state index contributed by atoms with van der Waals surface area (Å²) in [6, 6.07) is 7.26. The lowest BCUT2D eigenvalue weighted by molar-refractivity contribution is 0.0897. The van der Waals surface area contributed by atoms with Gasteiger partial charge in [-0.05, 0) is 51.8 Å². The fourth-order valence-corrected chi connectivity index (χ4v) is 4.34. The molecule has 1 unspecified atom stereocenters. The molecule has 2 bridgehead atoms. The molecule has 2 aromatic heterocycles. The molecule has 8 nitrogen and oxygen atoms in total. The summed E-state index contributed by atoms with van der Waals surface area (Å²) in [7, 11) is 0. The number of hydrogen-bond acceptors (Lipinski definition) is 5. The average molecular weight is 393 g/mol. The Labute approximate surface area is 167 Å². The quantitative estimate of drug-likeness (QED) is 0.612. The third-order valence-electron chi connectivity index (χ3n) is 5.73. The van der Waals surface area contributed by atoms with Crippen molar-refractivity contribution in [1.82, 2.24) is 19.9 Å². The fourth-order valence-electron chi connectivity index (χ4n) is 4.34. The van der Waals surface area contributed by atoms with Crippen molar-refractivity contribution in [3.05, 3.63) is 46.5 Å². The molecule has 4 heterocycles. The zero-order valence-electron chi connectivity index (χ0n) is 16.7. The van der Waals surface area contributed by atoms with Crippen molar-refractivity contribution in [3.63, 3.8) is 0 Å². The number of amides is 1. The standard InChI is InChI=1S/C21H23N5O3/c1-12-5-4-10-25-15-11-13(6-7-14(15)19(27)24-21(25,2)3)26-17-16(29-12)8-9-22-18(17)23-20(26)28/h6-9,11-12H,4-5,10H2,1-3H3,(H,24,27)(H,22,23,28). The van der Waals surface area contributed by atoms with Gasteiger partial charge in [0.05, 0.1) is 23.0 Å². The Kier molecular flexibility index (Phi) is 3.74.